The summed E-state index contributed by atoms with van der Waals surface area (Å²) in [6, 6.07) is 2.94. The molecule has 1 saturated heterocycles. The van der Waals surface area contributed by atoms with Crippen LogP contribution in [0.4, 0.5) is 0 Å². The number of nitrogens with one attached hydrogen (secondary N) is 1. The fourth-order valence-electron chi connectivity index (χ4n) is 2.82. The molecular formula is C13H21BrN2O. The number of hydrogen-bond donors (Lipinski definition) is 1. The summed E-state index contributed by atoms with van der Waals surface area (Å²) in [7, 11) is 2.02. The van der Waals surface area contributed by atoms with Gasteiger partial charge in [0.1, 0.15) is 5.76 Å². The van der Waals surface area contributed by atoms with Gasteiger partial charge in [-0.25, -0.2) is 0 Å². The highest BCUT2D eigenvalue weighted by Gasteiger charge is 2.38. The largest absolute Gasteiger partial charge is 0.466 e. The van der Waals surface area contributed by atoms with Crippen molar-refractivity contribution in [2.75, 3.05) is 20.1 Å². The topological polar surface area (TPSA) is 28.4 Å². The smallest absolute Gasteiger partial charge is 0.135 e. The Labute approximate surface area is 112 Å². The number of furan rings is 1. The van der Waals surface area contributed by atoms with E-state index in [1.807, 2.05) is 13.1 Å². The molecule has 1 aliphatic heterocycles. The number of hydrogen-bond acceptors (Lipinski definition) is 3. The first-order valence-corrected chi connectivity index (χ1v) is 7.07. The maximum absolute atomic E-state index is 5.69. The van der Waals surface area contributed by atoms with Gasteiger partial charge in [-0.05, 0) is 68.3 Å². The number of halogens is 1. The van der Waals surface area contributed by atoms with Gasteiger partial charge in [0.05, 0.1) is 16.8 Å². The second-order valence-corrected chi connectivity index (χ2v) is 5.87. The van der Waals surface area contributed by atoms with Gasteiger partial charge in [-0.15, -0.1) is 0 Å². The maximum Gasteiger partial charge on any atom is 0.135 e. The van der Waals surface area contributed by atoms with Gasteiger partial charge < -0.3 is 9.73 Å². The van der Waals surface area contributed by atoms with Crippen molar-refractivity contribution in [2.45, 2.75) is 32.4 Å². The summed E-state index contributed by atoms with van der Waals surface area (Å²) >= 11 is 3.59. The van der Waals surface area contributed by atoms with E-state index in [-0.39, 0.29) is 0 Å². The average molecular weight is 301 g/mol. The van der Waals surface area contributed by atoms with Gasteiger partial charge in [-0.1, -0.05) is 0 Å². The van der Waals surface area contributed by atoms with Crippen molar-refractivity contribution >= 4 is 15.9 Å². The molecule has 2 unspecified atom stereocenters. The van der Waals surface area contributed by atoms with Crippen molar-refractivity contribution in [1.82, 2.24) is 10.2 Å². The SMILES string of the molecule is CNCC1CCN(C(C)C)C1c1occc1Br. The van der Waals surface area contributed by atoms with Crippen molar-refractivity contribution in [3.05, 3.63) is 22.6 Å². The molecule has 0 spiro atoms. The molecule has 1 aliphatic rings. The molecule has 0 aliphatic carbocycles. The first kappa shape index (κ1) is 13.1. The van der Waals surface area contributed by atoms with Crippen LogP contribution in [0.5, 0.6) is 0 Å². The molecule has 2 heterocycles. The molecule has 4 heteroatoms. The molecule has 1 aromatic rings. The summed E-state index contributed by atoms with van der Waals surface area (Å²) in [5, 5.41) is 3.30. The van der Waals surface area contributed by atoms with Gasteiger partial charge in [0.2, 0.25) is 0 Å². The quantitative estimate of drug-likeness (QED) is 0.926. The van der Waals surface area contributed by atoms with E-state index < -0.39 is 0 Å². The van der Waals surface area contributed by atoms with Crippen molar-refractivity contribution < 1.29 is 4.42 Å². The lowest BCUT2D eigenvalue weighted by molar-refractivity contribution is 0.159. The van der Waals surface area contributed by atoms with Crippen molar-refractivity contribution in [3.63, 3.8) is 0 Å². The molecule has 0 radical (unpaired) electrons. The summed E-state index contributed by atoms with van der Waals surface area (Å²) in [5.41, 5.74) is 0. The molecule has 0 saturated carbocycles. The molecule has 1 N–H and O–H groups in total. The Morgan fingerprint density at radius 3 is 2.88 bits per heavy atom. The van der Waals surface area contributed by atoms with E-state index in [4.69, 9.17) is 4.42 Å². The van der Waals surface area contributed by atoms with Crippen LogP contribution in [-0.4, -0.2) is 31.1 Å². The van der Waals surface area contributed by atoms with Gasteiger partial charge in [-0.3, -0.25) is 4.90 Å². The second kappa shape index (κ2) is 5.55. The lowest BCUT2D eigenvalue weighted by Crippen LogP contribution is -2.33. The van der Waals surface area contributed by atoms with Crippen LogP contribution < -0.4 is 5.32 Å². The van der Waals surface area contributed by atoms with Gasteiger partial charge in [-0.2, -0.15) is 0 Å². The molecular weight excluding hydrogens is 280 g/mol. The zero-order valence-corrected chi connectivity index (χ0v) is 12.3. The van der Waals surface area contributed by atoms with Crippen molar-refractivity contribution in [2.24, 2.45) is 5.92 Å². The van der Waals surface area contributed by atoms with Gasteiger partial charge >= 0.3 is 0 Å². The standard InChI is InChI=1S/C13H21BrN2O/c1-9(2)16-6-4-10(8-15-3)12(16)13-11(14)5-7-17-13/h5,7,9-10,12,15H,4,6,8H2,1-3H3. The Hall–Kier alpha value is -0.320. The second-order valence-electron chi connectivity index (χ2n) is 5.02. The van der Waals surface area contributed by atoms with Crippen molar-refractivity contribution in [1.29, 1.82) is 0 Å². The molecule has 3 nitrogen and oxygen atoms in total. The van der Waals surface area contributed by atoms with E-state index >= 15 is 0 Å². The van der Waals surface area contributed by atoms with Gasteiger partial charge in [0, 0.05) is 6.04 Å². The van der Waals surface area contributed by atoms with Gasteiger partial charge in [0.25, 0.3) is 0 Å². The summed E-state index contributed by atoms with van der Waals surface area (Å²) in [6.07, 6.45) is 3.00. The number of likely N-dealkylation sites (tertiary alicyclic amines) is 1. The maximum atomic E-state index is 5.69. The van der Waals surface area contributed by atoms with Crippen LogP contribution in [0.25, 0.3) is 0 Å². The van der Waals surface area contributed by atoms with E-state index in [0.717, 1.165) is 23.3 Å². The van der Waals surface area contributed by atoms with Crippen LogP contribution in [0.3, 0.4) is 0 Å². The minimum Gasteiger partial charge on any atom is -0.466 e. The molecule has 2 rings (SSSR count). The van der Waals surface area contributed by atoms with Crippen LogP contribution in [0.1, 0.15) is 32.1 Å². The lowest BCUT2D eigenvalue weighted by atomic mass is 9.98. The predicted molar refractivity (Wildman–Crippen MR) is 73.0 cm³/mol. The Morgan fingerprint density at radius 2 is 2.35 bits per heavy atom. The van der Waals surface area contributed by atoms with E-state index in [1.165, 1.54) is 6.42 Å². The Balaban J connectivity index is 2.26. The van der Waals surface area contributed by atoms with Crippen LogP contribution in [-0.2, 0) is 0 Å². The molecule has 1 fully saturated rings. The normalized spacial score (nSPS) is 25.9. The highest BCUT2D eigenvalue weighted by molar-refractivity contribution is 9.10. The Morgan fingerprint density at radius 1 is 1.59 bits per heavy atom. The Kier molecular flexibility index (Phi) is 4.28. The first-order chi connectivity index (χ1) is 8.15. The molecule has 96 valence electrons. The summed E-state index contributed by atoms with van der Waals surface area (Å²) < 4.78 is 6.78. The molecule has 0 aromatic carbocycles. The van der Waals surface area contributed by atoms with E-state index in [9.17, 15) is 0 Å². The molecule has 17 heavy (non-hydrogen) atoms. The zero-order chi connectivity index (χ0) is 12.4. The molecule has 2 atom stereocenters. The number of rotatable bonds is 4. The summed E-state index contributed by atoms with van der Waals surface area (Å²) in [5.74, 6) is 1.71. The Bertz CT molecular complexity index is 364. The number of nitrogens with zero attached hydrogens (tertiary/aromatic N) is 1. The zero-order valence-electron chi connectivity index (χ0n) is 10.7. The monoisotopic (exact) mass is 300 g/mol. The van der Waals surface area contributed by atoms with E-state index in [0.29, 0.717) is 18.0 Å². The highest BCUT2D eigenvalue weighted by Crippen LogP contribution is 2.41. The third-order valence-electron chi connectivity index (χ3n) is 3.60. The fraction of sp³-hybridized carbons (Fsp3) is 0.692. The fourth-order valence-corrected chi connectivity index (χ4v) is 3.25. The third-order valence-corrected chi connectivity index (χ3v) is 4.26. The molecule has 0 bridgehead atoms. The minimum atomic E-state index is 0.395. The van der Waals surface area contributed by atoms with Crippen LogP contribution in [0.15, 0.2) is 21.2 Å². The molecule has 1 aromatic heterocycles. The van der Waals surface area contributed by atoms with Crippen LogP contribution in [0.2, 0.25) is 0 Å². The predicted octanol–water partition coefficient (Wildman–Crippen LogP) is 3.03. The molecule has 0 amide bonds. The third kappa shape index (κ3) is 2.59. The first-order valence-electron chi connectivity index (χ1n) is 6.28. The summed E-state index contributed by atoms with van der Waals surface area (Å²) in [6.45, 7) is 6.71. The van der Waals surface area contributed by atoms with E-state index in [1.54, 1.807) is 6.26 Å². The summed E-state index contributed by atoms with van der Waals surface area (Å²) in [4.78, 5) is 2.53. The highest BCUT2D eigenvalue weighted by atomic mass is 79.9. The van der Waals surface area contributed by atoms with Crippen LogP contribution >= 0.6 is 15.9 Å². The van der Waals surface area contributed by atoms with Gasteiger partial charge in [0.15, 0.2) is 0 Å². The minimum absolute atomic E-state index is 0.395. The van der Waals surface area contributed by atoms with E-state index in [2.05, 4.69) is 40.0 Å². The lowest BCUT2D eigenvalue weighted by Gasteiger charge is -2.30. The average Bonchev–Trinajstić information content (AvgIpc) is 2.84. The van der Waals surface area contributed by atoms with Crippen molar-refractivity contribution in [3.8, 4) is 0 Å². The van der Waals surface area contributed by atoms with Crippen LogP contribution in [0, 0.1) is 5.92 Å².